The lowest BCUT2D eigenvalue weighted by Crippen LogP contribution is -2.47. The van der Waals surface area contributed by atoms with Crippen molar-refractivity contribution in [1.29, 1.82) is 10.5 Å². The highest BCUT2D eigenvalue weighted by molar-refractivity contribution is 7.99. The first-order valence-electron chi connectivity index (χ1n) is 10.9. The monoisotopic (exact) mass is 453 g/mol. The molecule has 164 valence electrons. The molecule has 3 aromatic heterocycles. The Bertz CT molecular complexity index is 1410. The van der Waals surface area contributed by atoms with E-state index >= 15 is 0 Å². The minimum Gasteiger partial charge on any atom is -0.310 e. The van der Waals surface area contributed by atoms with Gasteiger partial charge in [-0.2, -0.15) is 20.7 Å². The molecule has 4 aromatic rings. The molecule has 1 aromatic carbocycles. The number of hydrogen-bond donors (Lipinski definition) is 1. The Balaban J connectivity index is 1.53. The summed E-state index contributed by atoms with van der Waals surface area (Å²) >= 11 is 1.47. The van der Waals surface area contributed by atoms with Gasteiger partial charge in [0.1, 0.15) is 12.1 Å². The first-order valence-corrected chi connectivity index (χ1v) is 11.7. The molecule has 8 heteroatoms. The number of fused-ring (bicyclic) bond motifs is 1. The van der Waals surface area contributed by atoms with Gasteiger partial charge in [0.2, 0.25) is 0 Å². The van der Waals surface area contributed by atoms with Crippen LogP contribution in [0.2, 0.25) is 0 Å². The molecule has 1 N–H and O–H groups in total. The van der Waals surface area contributed by atoms with E-state index in [1.807, 2.05) is 35.3 Å². The molecule has 1 atom stereocenters. The molecule has 0 bridgehead atoms. The van der Waals surface area contributed by atoms with Crippen LogP contribution in [0.3, 0.4) is 0 Å². The second-order valence-electron chi connectivity index (χ2n) is 8.93. The van der Waals surface area contributed by atoms with Crippen LogP contribution >= 0.6 is 11.8 Å². The van der Waals surface area contributed by atoms with Gasteiger partial charge in [-0.15, -0.1) is 0 Å². The molecule has 0 amide bonds. The molecular formula is C25H23N7S. The summed E-state index contributed by atoms with van der Waals surface area (Å²) < 4.78 is 3.79. The van der Waals surface area contributed by atoms with Gasteiger partial charge in [-0.3, -0.25) is 4.68 Å². The molecule has 0 spiro atoms. The van der Waals surface area contributed by atoms with Crippen LogP contribution in [0.4, 0.5) is 0 Å². The van der Waals surface area contributed by atoms with Gasteiger partial charge in [-0.25, -0.2) is 4.52 Å². The van der Waals surface area contributed by atoms with Crippen molar-refractivity contribution in [3.63, 3.8) is 0 Å². The Morgan fingerprint density at radius 3 is 2.61 bits per heavy atom. The van der Waals surface area contributed by atoms with E-state index in [4.69, 9.17) is 0 Å². The highest BCUT2D eigenvalue weighted by atomic mass is 32.2. The van der Waals surface area contributed by atoms with Crippen LogP contribution in [0, 0.1) is 22.7 Å². The quantitative estimate of drug-likeness (QED) is 0.477. The standard InChI is InChI=1S/C25H23N7S/c1-25(2)8-7-21(14-28-25)31-16-20(13-29-31)18-9-23(24-19(11-27)12-30-32(24)15-18)33-22-6-4-3-5-17(22)10-26/h3-6,9,12-13,15-16,21,28H,7-8,14H2,1-2H3/t21-/m0/s1. The molecule has 1 fully saturated rings. The van der Waals surface area contributed by atoms with Crippen molar-refractivity contribution in [2.45, 2.75) is 48.1 Å². The average molecular weight is 454 g/mol. The van der Waals surface area contributed by atoms with Gasteiger partial charge in [0, 0.05) is 45.4 Å². The third-order valence-electron chi connectivity index (χ3n) is 6.15. The summed E-state index contributed by atoms with van der Waals surface area (Å²) in [6.07, 6.45) is 9.66. The van der Waals surface area contributed by atoms with Gasteiger partial charge in [-0.05, 0) is 44.9 Å². The van der Waals surface area contributed by atoms with Crippen molar-refractivity contribution in [2.24, 2.45) is 0 Å². The fraction of sp³-hybridized carbons (Fsp3) is 0.280. The zero-order chi connectivity index (χ0) is 23.0. The molecule has 0 radical (unpaired) electrons. The van der Waals surface area contributed by atoms with Gasteiger partial charge in [0.15, 0.2) is 0 Å². The highest BCUT2D eigenvalue weighted by Gasteiger charge is 2.27. The van der Waals surface area contributed by atoms with Crippen molar-refractivity contribution in [2.75, 3.05) is 6.54 Å². The largest absolute Gasteiger partial charge is 0.310 e. The fourth-order valence-corrected chi connectivity index (χ4v) is 5.29. The highest BCUT2D eigenvalue weighted by Crippen LogP contribution is 2.37. The second-order valence-corrected chi connectivity index (χ2v) is 10.0. The van der Waals surface area contributed by atoms with Crippen LogP contribution in [-0.2, 0) is 0 Å². The Labute approximate surface area is 196 Å². The molecule has 0 saturated carbocycles. The maximum absolute atomic E-state index is 9.60. The van der Waals surface area contributed by atoms with Crippen LogP contribution in [-0.4, -0.2) is 31.5 Å². The molecular weight excluding hydrogens is 430 g/mol. The predicted molar refractivity (Wildman–Crippen MR) is 127 cm³/mol. The van der Waals surface area contributed by atoms with Crippen LogP contribution in [0.15, 0.2) is 64.9 Å². The van der Waals surface area contributed by atoms with Crippen molar-refractivity contribution >= 4 is 17.3 Å². The number of piperidine rings is 1. The Morgan fingerprint density at radius 2 is 1.85 bits per heavy atom. The van der Waals surface area contributed by atoms with E-state index in [1.54, 1.807) is 16.8 Å². The Kier molecular flexibility index (Phi) is 5.41. The summed E-state index contributed by atoms with van der Waals surface area (Å²) in [5.74, 6) is 0. The first-order chi connectivity index (χ1) is 16.0. The molecule has 1 aliphatic rings. The lowest BCUT2D eigenvalue weighted by Gasteiger charge is -2.35. The number of rotatable bonds is 4. The number of hydrogen-bond acceptors (Lipinski definition) is 6. The average Bonchev–Trinajstić information content (AvgIpc) is 3.47. The lowest BCUT2D eigenvalue weighted by molar-refractivity contribution is 0.232. The van der Waals surface area contributed by atoms with E-state index in [1.165, 1.54) is 11.8 Å². The van der Waals surface area contributed by atoms with Gasteiger partial charge in [0.25, 0.3) is 0 Å². The summed E-state index contributed by atoms with van der Waals surface area (Å²) in [4.78, 5) is 1.72. The fourth-order valence-electron chi connectivity index (χ4n) is 4.19. The van der Waals surface area contributed by atoms with E-state index in [2.05, 4.69) is 53.8 Å². The van der Waals surface area contributed by atoms with E-state index < -0.39 is 0 Å². The lowest BCUT2D eigenvalue weighted by atomic mass is 9.91. The number of aromatic nitrogens is 4. The van der Waals surface area contributed by atoms with Crippen LogP contribution in [0.25, 0.3) is 16.6 Å². The molecule has 5 rings (SSSR count). The van der Waals surface area contributed by atoms with E-state index in [0.717, 1.165) is 45.8 Å². The van der Waals surface area contributed by atoms with Crippen molar-refractivity contribution in [3.05, 3.63) is 66.2 Å². The number of nitrogens with zero attached hydrogens (tertiary/aromatic N) is 6. The number of pyridine rings is 1. The number of nitrogens with one attached hydrogen (secondary N) is 1. The topological polar surface area (TPSA) is 94.7 Å². The molecule has 7 nitrogen and oxygen atoms in total. The minimum atomic E-state index is 0.169. The maximum atomic E-state index is 9.60. The third-order valence-corrected chi connectivity index (χ3v) is 7.26. The second kappa shape index (κ2) is 8.40. The van der Waals surface area contributed by atoms with Crippen molar-refractivity contribution < 1.29 is 0 Å². The summed E-state index contributed by atoms with van der Waals surface area (Å²) in [7, 11) is 0. The number of benzene rings is 1. The first kappa shape index (κ1) is 21.3. The minimum absolute atomic E-state index is 0.169. The van der Waals surface area contributed by atoms with Gasteiger partial charge >= 0.3 is 0 Å². The van der Waals surface area contributed by atoms with Gasteiger partial charge in [-0.1, -0.05) is 23.9 Å². The Hall–Kier alpha value is -3.59. The maximum Gasteiger partial charge on any atom is 0.103 e. The van der Waals surface area contributed by atoms with Gasteiger partial charge in [0.05, 0.1) is 35.1 Å². The molecule has 0 aliphatic carbocycles. The van der Waals surface area contributed by atoms with Crippen LogP contribution in [0.5, 0.6) is 0 Å². The van der Waals surface area contributed by atoms with Crippen LogP contribution < -0.4 is 5.32 Å². The smallest absolute Gasteiger partial charge is 0.103 e. The molecule has 33 heavy (non-hydrogen) atoms. The normalized spacial score (nSPS) is 17.5. The van der Waals surface area contributed by atoms with Crippen molar-refractivity contribution in [1.82, 2.24) is 24.7 Å². The molecule has 1 saturated heterocycles. The predicted octanol–water partition coefficient (Wildman–Crippen LogP) is 4.80. The van der Waals surface area contributed by atoms with Crippen LogP contribution in [0.1, 0.15) is 43.9 Å². The Morgan fingerprint density at radius 1 is 1.03 bits per heavy atom. The van der Waals surface area contributed by atoms with E-state index in [-0.39, 0.29) is 5.54 Å². The van der Waals surface area contributed by atoms with E-state index in [9.17, 15) is 10.5 Å². The third kappa shape index (κ3) is 4.11. The van der Waals surface area contributed by atoms with Gasteiger partial charge < -0.3 is 5.32 Å². The number of nitriles is 2. The molecule has 0 unspecified atom stereocenters. The SMILES string of the molecule is CC1(C)CC[C@H](n2cc(-c3cc(Sc4ccccc4C#N)c4c(C#N)cnn4c3)cn2)CN1. The molecule has 4 heterocycles. The summed E-state index contributed by atoms with van der Waals surface area (Å²) in [5.41, 5.74) is 3.97. The van der Waals surface area contributed by atoms with E-state index in [0.29, 0.717) is 17.2 Å². The zero-order valence-corrected chi connectivity index (χ0v) is 19.3. The van der Waals surface area contributed by atoms with Crippen molar-refractivity contribution in [3.8, 4) is 23.3 Å². The molecule has 1 aliphatic heterocycles. The summed E-state index contributed by atoms with van der Waals surface area (Å²) in [6.45, 7) is 5.36. The summed E-state index contributed by atoms with van der Waals surface area (Å²) in [5, 5.41) is 31.8. The zero-order valence-electron chi connectivity index (χ0n) is 18.5. The summed E-state index contributed by atoms with van der Waals surface area (Å²) in [6, 6.07) is 14.3.